The first-order chi connectivity index (χ1) is 8.19. The standard InChI is InChI=1S/C13H18FN3/c1-2-3-4-12(9-16)17-13-6-10(8-15)5-11(14)7-13/h5-7,12,17H,2-4,9,16H2,1H3. The summed E-state index contributed by atoms with van der Waals surface area (Å²) in [5, 5.41) is 11.9. The highest BCUT2D eigenvalue weighted by molar-refractivity contribution is 5.50. The van der Waals surface area contributed by atoms with Crippen LogP contribution in [-0.2, 0) is 0 Å². The topological polar surface area (TPSA) is 61.8 Å². The number of hydrogen-bond acceptors (Lipinski definition) is 3. The summed E-state index contributed by atoms with van der Waals surface area (Å²) in [4.78, 5) is 0. The summed E-state index contributed by atoms with van der Waals surface area (Å²) >= 11 is 0. The van der Waals surface area contributed by atoms with Gasteiger partial charge in [-0.15, -0.1) is 0 Å². The Balaban J connectivity index is 2.72. The van der Waals surface area contributed by atoms with Gasteiger partial charge < -0.3 is 11.1 Å². The van der Waals surface area contributed by atoms with Crippen LogP contribution in [0.2, 0.25) is 0 Å². The number of rotatable bonds is 6. The predicted molar refractivity (Wildman–Crippen MR) is 67.1 cm³/mol. The van der Waals surface area contributed by atoms with Crippen molar-refractivity contribution in [2.45, 2.75) is 32.2 Å². The molecule has 0 saturated heterocycles. The number of unbranched alkanes of at least 4 members (excludes halogenated alkanes) is 1. The Kier molecular flexibility index (Phi) is 5.44. The van der Waals surface area contributed by atoms with E-state index in [4.69, 9.17) is 11.0 Å². The van der Waals surface area contributed by atoms with E-state index in [2.05, 4.69) is 12.2 Å². The van der Waals surface area contributed by atoms with Crippen molar-refractivity contribution < 1.29 is 4.39 Å². The van der Waals surface area contributed by atoms with Gasteiger partial charge in [0.15, 0.2) is 0 Å². The Morgan fingerprint density at radius 2 is 2.24 bits per heavy atom. The normalized spacial score (nSPS) is 11.9. The van der Waals surface area contributed by atoms with Crippen LogP contribution in [0.3, 0.4) is 0 Å². The first kappa shape index (κ1) is 13.5. The number of nitrogens with two attached hydrogens (primary N) is 1. The SMILES string of the molecule is CCCCC(CN)Nc1cc(F)cc(C#N)c1. The molecule has 1 aromatic rings. The van der Waals surface area contributed by atoms with E-state index >= 15 is 0 Å². The van der Waals surface area contributed by atoms with Gasteiger partial charge in [0.05, 0.1) is 11.6 Å². The molecule has 4 heteroatoms. The molecule has 1 unspecified atom stereocenters. The second-order valence-electron chi connectivity index (χ2n) is 4.06. The van der Waals surface area contributed by atoms with Crippen LogP contribution in [0.4, 0.5) is 10.1 Å². The number of anilines is 1. The monoisotopic (exact) mass is 235 g/mol. The molecule has 3 nitrogen and oxygen atoms in total. The molecular formula is C13H18FN3. The van der Waals surface area contributed by atoms with Crippen molar-refractivity contribution in [3.63, 3.8) is 0 Å². The molecule has 1 rings (SSSR count). The zero-order valence-corrected chi connectivity index (χ0v) is 10.0. The van der Waals surface area contributed by atoms with Gasteiger partial charge >= 0.3 is 0 Å². The number of benzene rings is 1. The second kappa shape index (κ2) is 6.87. The average Bonchev–Trinajstić information content (AvgIpc) is 2.33. The smallest absolute Gasteiger partial charge is 0.126 e. The van der Waals surface area contributed by atoms with E-state index in [1.165, 1.54) is 12.1 Å². The molecule has 0 aliphatic heterocycles. The predicted octanol–water partition coefficient (Wildman–Crippen LogP) is 2.63. The molecule has 0 spiro atoms. The summed E-state index contributed by atoms with van der Waals surface area (Å²) in [6.45, 7) is 2.61. The van der Waals surface area contributed by atoms with Gasteiger partial charge in [0, 0.05) is 18.3 Å². The number of nitriles is 1. The molecule has 0 amide bonds. The van der Waals surface area contributed by atoms with Gasteiger partial charge in [0.25, 0.3) is 0 Å². The second-order valence-corrected chi connectivity index (χ2v) is 4.06. The van der Waals surface area contributed by atoms with Gasteiger partial charge in [0.2, 0.25) is 0 Å². The van der Waals surface area contributed by atoms with E-state index in [9.17, 15) is 4.39 Å². The van der Waals surface area contributed by atoms with Crippen molar-refractivity contribution in [1.29, 1.82) is 5.26 Å². The van der Waals surface area contributed by atoms with Crippen LogP contribution < -0.4 is 11.1 Å². The van der Waals surface area contributed by atoms with E-state index in [0.29, 0.717) is 17.8 Å². The summed E-state index contributed by atoms with van der Waals surface area (Å²) in [5.41, 5.74) is 6.59. The minimum Gasteiger partial charge on any atom is -0.381 e. The Morgan fingerprint density at radius 1 is 1.47 bits per heavy atom. The molecule has 0 aliphatic carbocycles. The van der Waals surface area contributed by atoms with Gasteiger partial charge in [-0.3, -0.25) is 0 Å². The zero-order valence-electron chi connectivity index (χ0n) is 10.0. The number of halogens is 1. The van der Waals surface area contributed by atoms with Crippen LogP contribution in [0.1, 0.15) is 31.7 Å². The maximum atomic E-state index is 13.2. The molecule has 1 atom stereocenters. The molecule has 0 aliphatic rings. The molecule has 0 aromatic heterocycles. The molecule has 1 aromatic carbocycles. The van der Waals surface area contributed by atoms with Crippen LogP contribution in [0.25, 0.3) is 0 Å². The fraction of sp³-hybridized carbons (Fsp3) is 0.462. The van der Waals surface area contributed by atoms with Crippen molar-refractivity contribution in [2.24, 2.45) is 5.73 Å². The molecule has 0 bridgehead atoms. The Bertz CT molecular complexity index is 398. The Hall–Kier alpha value is -1.60. The van der Waals surface area contributed by atoms with Gasteiger partial charge in [0.1, 0.15) is 5.82 Å². The lowest BCUT2D eigenvalue weighted by atomic mass is 10.1. The molecule has 0 radical (unpaired) electrons. The van der Waals surface area contributed by atoms with E-state index in [1.54, 1.807) is 6.07 Å². The molecule has 0 saturated carbocycles. The minimum atomic E-state index is -0.405. The zero-order chi connectivity index (χ0) is 12.7. The molecule has 3 N–H and O–H groups in total. The quantitative estimate of drug-likeness (QED) is 0.796. The van der Waals surface area contributed by atoms with Crippen LogP contribution in [0, 0.1) is 17.1 Å². The summed E-state index contributed by atoms with van der Waals surface area (Å²) < 4.78 is 13.2. The number of hydrogen-bond donors (Lipinski definition) is 2. The minimum absolute atomic E-state index is 0.128. The van der Waals surface area contributed by atoms with Gasteiger partial charge in [-0.25, -0.2) is 4.39 Å². The molecule has 0 fully saturated rings. The van der Waals surface area contributed by atoms with Crippen molar-refractivity contribution in [1.82, 2.24) is 0 Å². The highest BCUT2D eigenvalue weighted by Crippen LogP contribution is 2.15. The maximum absolute atomic E-state index is 13.2. The third kappa shape index (κ3) is 4.41. The molecular weight excluding hydrogens is 217 g/mol. The lowest BCUT2D eigenvalue weighted by Crippen LogP contribution is -2.28. The highest BCUT2D eigenvalue weighted by atomic mass is 19.1. The Labute approximate surface area is 101 Å². The third-order valence-electron chi connectivity index (χ3n) is 2.59. The maximum Gasteiger partial charge on any atom is 0.126 e. The molecule has 0 heterocycles. The molecule has 17 heavy (non-hydrogen) atoms. The largest absolute Gasteiger partial charge is 0.381 e. The summed E-state index contributed by atoms with van der Waals surface area (Å²) in [7, 11) is 0. The van der Waals surface area contributed by atoms with Crippen LogP contribution in [-0.4, -0.2) is 12.6 Å². The first-order valence-electron chi connectivity index (χ1n) is 5.87. The van der Waals surface area contributed by atoms with Crippen molar-refractivity contribution in [3.8, 4) is 6.07 Å². The van der Waals surface area contributed by atoms with E-state index in [1.807, 2.05) is 6.07 Å². The number of nitrogens with one attached hydrogen (secondary N) is 1. The van der Waals surface area contributed by atoms with Gasteiger partial charge in [-0.05, 0) is 24.6 Å². The van der Waals surface area contributed by atoms with Crippen molar-refractivity contribution >= 4 is 5.69 Å². The summed E-state index contributed by atoms with van der Waals surface area (Å²) in [6, 6.07) is 6.30. The van der Waals surface area contributed by atoms with Gasteiger partial charge in [-0.2, -0.15) is 5.26 Å². The van der Waals surface area contributed by atoms with Crippen LogP contribution in [0.5, 0.6) is 0 Å². The lowest BCUT2D eigenvalue weighted by molar-refractivity contribution is 0.609. The van der Waals surface area contributed by atoms with E-state index < -0.39 is 5.82 Å². The Morgan fingerprint density at radius 3 is 2.82 bits per heavy atom. The van der Waals surface area contributed by atoms with E-state index in [-0.39, 0.29) is 6.04 Å². The van der Waals surface area contributed by atoms with E-state index in [0.717, 1.165) is 19.3 Å². The highest BCUT2D eigenvalue weighted by Gasteiger charge is 2.07. The summed E-state index contributed by atoms with van der Waals surface area (Å²) in [6.07, 6.45) is 3.13. The number of nitrogens with zero attached hydrogens (tertiary/aromatic N) is 1. The van der Waals surface area contributed by atoms with Crippen molar-refractivity contribution in [3.05, 3.63) is 29.6 Å². The van der Waals surface area contributed by atoms with Crippen molar-refractivity contribution in [2.75, 3.05) is 11.9 Å². The van der Waals surface area contributed by atoms with Crippen LogP contribution >= 0.6 is 0 Å². The first-order valence-corrected chi connectivity index (χ1v) is 5.87. The fourth-order valence-corrected chi connectivity index (χ4v) is 1.67. The average molecular weight is 235 g/mol. The molecule has 92 valence electrons. The van der Waals surface area contributed by atoms with Crippen LogP contribution in [0.15, 0.2) is 18.2 Å². The lowest BCUT2D eigenvalue weighted by Gasteiger charge is -2.18. The summed E-state index contributed by atoms with van der Waals surface area (Å²) in [5.74, 6) is -0.405. The van der Waals surface area contributed by atoms with Gasteiger partial charge in [-0.1, -0.05) is 19.8 Å². The fourth-order valence-electron chi connectivity index (χ4n) is 1.67. The third-order valence-corrected chi connectivity index (χ3v) is 2.59.